The first kappa shape index (κ1) is 10.8. The molecule has 0 saturated heterocycles. The molecule has 3 rings (SSSR count). The Kier molecular flexibility index (Phi) is 2.30. The third kappa shape index (κ3) is 1.72. The topological polar surface area (TPSA) is 67.6 Å². The van der Waals surface area contributed by atoms with Crippen molar-refractivity contribution >= 4 is 16.9 Å². The van der Waals surface area contributed by atoms with Gasteiger partial charge in [-0.05, 0) is 37.1 Å². The highest BCUT2D eigenvalue weighted by Gasteiger charge is 2.07. The van der Waals surface area contributed by atoms with Crippen LogP contribution in [0.4, 0.5) is 5.69 Å². The molecule has 0 fully saturated rings. The highest BCUT2D eigenvalue weighted by molar-refractivity contribution is 5.77. The number of fused-ring (bicyclic) bond motifs is 1. The van der Waals surface area contributed by atoms with E-state index >= 15 is 0 Å². The molecule has 0 bridgehead atoms. The van der Waals surface area contributed by atoms with Gasteiger partial charge in [0, 0.05) is 17.4 Å². The summed E-state index contributed by atoms with van der Waals surface area (Å²) in [5.41, 5.74) is 11.5. The van der Waals surface area contributed by atoms with Crippen LogP contribution in [0.5, 0.6) is 0 Å². The van der Waals surface area contributed by atoms with E-state index in [0.717, 1.165) is 39.4 Å². The summed E-state index contributed by atoms with van der Waals surface area (Å²) in [5.74, 6) is 0.801. The fraction of sp³-hybridized carbons (Fsp3) is 0.143. The first-order valence-corrected chi connectivity index (χ1v) is 5.82. The smallest absolute Gasteiger partial charge is 0.178 e. The van der Waals surface area contributed by atoms with Gasteiger partial charge in [-0.15, -0.1) is 0 Å². The number of nitrogens with one attached hydrogen (secondary N) is 1. The number of hydrogen-bond donors (Lipinski definition) is 2. The van der Waals surface area contributed by atoms with E-state index in [-0.39, 0.29) is 0 Å². The predicted octanol–water partition coefficient (Wildman–Crippen LogP) is 2.82. The van der Waals surface area contributed by atoms with Crippen LogP contribution >= 0.6 is 0 Å². The summed E-state index contributed by atoms with van der Waals surface area (Å²) in [5, 5.41) is 0. The number of rotatable bonds is 1. The van der Waals surface area contributed by atoms with Crippen LogP contribution in [-0.4, -0.2) is 15.0 Å². The van der Waals surface area contributed by atoms with Crippen LogP contribution in [0, 0.1) is 13.8 Å². The average Bonchev–Trinajstić information content (AvgIpc) is 2.75. The van der Waals surface area contributed by atoms with Gasteiger partial charge in [-0.25, -0.2) is 9.97 Å². The fourth-order valence-corrected chi connectivity index (χ4v) is 1.93. The molecule has 4 heteroatoms. The average molecular weight is 238 g/mol. The fourth-order valence-electron chi connectivity index (χ4n) is 1.93. The van der Waals surface area contributed by atoms with Gasteiger partial charge in [0.2, 0.25) is 0 Å². The van der Waals surface area contributed by atoms with Crippen LogP contribution in [0.15, 0.2) is 30.5 Å². The maximum atomic E-state index is 5.92. The van der Waals surface area contributed by atoms with E-state index in [0.29, 0.717) is 0 Å². The van der Waals surface area contributed by atoms with E-state index in [1.54, 1.807) is 0 Å². The Morgan fingerprint density at radius 1 is 1.17 bits per heavy atom. The lowest BCUT2D eigenvalue weighted by Crippen LogP contribution is -1.90. The number of imidazole rings is 1. The van der Waals surface area contributed by atoms with Gasteiger partial charge in [-0.3, -0.25) is 0 Å². The molecule has 0 atom stereocenters. The molecule has 2 aromatic heterocycles. The van der Waals surface area contributed by atoms with Gasteiger partial charge < -0.3 is 10.7 Å². The number of aryl methyl sites for hydroxylation is 2. The number of anilines is 1. The SMILES string of the molecule is Cc1cnc2nc(-c3ccc(C)c(N)c3)[nH]c2c1. The molecule has 0 aliphatic rings. The molecule has 0 spiro atoms. The van der Waals surface area contributed by atoms with E-state index in [2.05, 4.69) is 15.0 Å². The molecule has 0 aliphatic carbocycles. The summed E-state index contributed by atoms with van der Waals surface area (Å²) in [4.78, 5) is 12.0. The second-order valence-electron chi connectivity index (χ2n) is 4.54. The molecule has 3 N–H and O–H groups in total. The van der Waals surface area contributed by atoms with Crippen LogP contribution in [0.1, 0.15) is 11.1 Å². The summed E-state index contributed by atoms with van der Waals surface area (Å²) >= 11 is 0. The van der Waals surface area contributed by atoms with Crippen molar-refractivity contribution in [2.45, 2.75) is 13.8 Å². The summed E-state index contributed by atoms with van der Waals surface area (Å²) in [6, 6.07) is 7.98. The molecule has 0 unspecified atom stereocenters. The highest BCUT2D eigenvalue weighted by atomic mass is 15.0. The van der Waals surface area contributed by atoms with Gasteiger partial charge in [-0.2, -0.15) is 0 Å². The zero-order chi connectivity index (χ0) is 12.7. The van der Waals surface area contributed by atoms with Crippen molar-refractivity contribution < 1.29 is 0 Å². The number of nitrogen functional groups attached to an aromatic ring is 1. The lowest BCUT2D eigenvalue weighted by molar-refractivity contribution is 1.28. The van der Waals surface area contributed by atoms with Crippen LogP contribution in [0.2, 0.25) is 0 Å². The number of nitrogens with two attached hydrogens (primary N) is 1. The Balaban J connectivity index is 2.16. The summed E-state index contributed by atoms with van der Waals surface area (Å²) < 4.78 is 0. The molecule has 0 amide bonds. The molecule has 0 saturated carbocycles. The second-order valence-corrected chi connectivity index (χ2v) is 4.54. The van der Waals surface area contributed by atoms with E-state index in [9.17, 15) is 0 Å². The molecule has 0 aliphatic heterocycles. The Labute approximate surface area is 105 Å². The number of benzene rings is 1. The third-order valence-electron chi connectivity index (χ3n) is 3.03. The zero-order valence-corrected chi connectivity index (χ0v) is 10.4. The van der Waals surface area contributed by atoms with Crippen molar-refractivity contribution in [1.29, 1.82) is 0 Å². The normalized spacial score (nSPS) is 11.0. The van der Waals surface area contributed by atoms with E-state index in [1.165, 1.54) is 0 Å². The molecule has 4 nitrogen and oxygen atoms in total. The Morgan fingerprint density at radius 3 is 2.78 bits per heavy atom. The van der Waals surface area contributed by atoms with Crippen LogP contribution in [-0.2, 0) is 0 Å². The Bertz CT molecular complexity index is 728. The van der Waals surface area contributed by atoms with Gasteiger partial charge in [0.25, 0.3) is 0 Å². The molecule has 1 aromatic carbocycles. The number of aromatic amines is 1. The van der Waals surface area contributed by atoms with Crippen molar-refractivity contribution in [2.75, 3.05) is 5.73 Å². The molecular weight excluding hydrogens is 224 g/mol. The molecular formula is C14H14N4. The van der Waals surface area contributed by atoms with Gasteiger partial charge in [0.05, 0.1) is 5.52 Å². The van der Waals surface area contributed by atoms with E-state index < -0.39 is 0 Å². The van der Waals surface area contributed by atoms with Crippen molar-refractivity contribution in [3.05, 3.63) is 41.6 Å². The van der Waals surface area contributed by atoms with Crippen molar-refractivity contribution in [1.82, 2.24) is 15.0 Å². The van der Waals surface area contributed by atoms with Gasteiger partial charge in [-0.1, -0.05) is 12.1 Å². The lowest BCUT2D eigenvalue weighted by Gasteiger charge is -2.01. The summed E-state index contributed by atoms with van der Waals surface area (Å²) in [7, 11) is 0. The summed E-state index contributed by atoms with van der Waals surface area (Å²) in [6.07, 6.45) is 1.82. The van der Waals surface area contributed by atoms with Gasteiger partial charge >= 0.3 is 0 Å². The predicted molar refractivity (Wildman–Crippen MR) is 73.2 cm³/mol. The number of hydrogen-bond acceptors (Lipinski definition) is 3. The van der Waals surface area contributed by atoms with E-state index in [1.807, 2.05) is 44.3 Å². The maximum Gasteiger partial charge on any atom is 0.178 e. The minimum Gasteiger partial charge on any atom is -0.398 e. The number of H-pyrrole nitrogens is 1. The number of aromatic nitrogens is 3. The van der Waals surface area contributed by atoms with E-state index in [4.69, 9.17) is 5.73 Å². The first-order valence-electron chi connectivity index (χ1n) is 5.82. The van der Waals surface area contributed by atoms with Crippen LogP contribution in [0.25, 0.3) is 22.6 Å². The third-order valence-corrected chi connectivity index (χ3v) is 3.03. The number of nitrogens with zero attached hydrogens (tertiary/aromatic N) is 2. The molecule has 2 heterocycles. The second kappa shape index (κ2) is 3.84. The van der Waals surface area contributed by atoms with Crippen LogP contribution in [0.3, 0.4) is 0 Å². The number of pyridine rings is 1. The van der Waals surface area contributed by atoms with Gasteiger partial charge in [0.1, 0.15) is 5.82 Å². The maximum absolute atomic E-state index is 5.92. The standard InChI is InChI=1S/C14H14N4/c1-8-5-12-14(16-7-8)18-13(17-12)10-4-3-9(2)11(15)6-10/h3-7H,15H2,1-2H3,(H,16,17,18). The zero-order valence-electron chi connectivity index (χ0n) is 10.4. The van der Waals surface area contributed by atoms with Crippen LogP contribution < -0.4 is 5.73 Å². The minimum absolute atomic E-state index is 0.731. The quantitative estimate of drug-likeness (QED) is 0.640. The largest absolute Gasteiger partial charge is 0.398 e. The summed E-state index contributed by atoms with van der Waals surface area (Å²) in [6.45, 7) is 4.00. The monoisotopic (exact) mass is 238 g/mol. The molecule has 0 radical (unpaired) electrons. The Hall–Kier alpha value is -2.36. The van der Waals surface area contributed by atoms with Gasteiger partial charge in [0.15, 0.2) is 5.65 Å². The first-order chi connectivity index (χ1) is 8.63. The molecule has 3 aromatic rings. The van der Waals surface area contributed by atoms with Crippen molar-refractivity contribution in [3.63, 3.8) is 0 Å². The molecule has 18 heavy (non-hydrogen) atoms. The Morgan fingerprint density at radius 2 is 2.00 bits per heavy atom. The lowest BCUT2D eigenvalue weighted by atomic mass is 10.1. The minimum atomic E-state index is 0.731. The highest BCUT2D eigenvalue weighted by Crippen LogP contribution is 2.23. The molecule has 90 valence electrons. The van der Waals surface area contributed by atoms with Crippen molar-refractivity contribution in [3.8, 4) is 11.4 Å². The van der Waals surface area contributed by atoms with Crippen molar-refractivity contribution in [2.24, 2.45) is 0 Å².